The zero-order valence-corrected chi connectivity index (χ0v) is 12.4. The van der Waals surface area contributed by atoms with Gasteiger partial charge in [0.25, 0.3) is 0 Å². The Labute approximate surface area is 119 Å². The van der Waals surface area contributed by atoms with Gasteiger partial charge < -0.3 is 10.6 Å². The maximum Gasteiger partial charge on any atom is 0.240 e. The van der Waals surface area contributed by atoms with E-state index in [0.717, 1.165) is 23.2 Å². The molecule has 0 unspecified atom stereocenters. The molecule has 4 nitrogen and oxygen atoms in total. The first-order chi connectivity index (χ1) is 9.51. The summed E-state index contributed by atoms with van der Waals surface area (Å²) >= 11 is 0. The van der Waals surface area contributed by atoms with Gasteiger partial charge in [-0.3, -0.25) is 9.59 Å². The van der Waals surface area contributed by atoms with E-state index in [4.69, 9.17) is 0 Å². The molecule has 1 fully saturated rings. The molecule has 1 aromatic rings. The Morgan fingerprint density at radius 2 is 1.90 bits per heavy atom. The van der Waals surface area contributed by atoms with Crippen LogP contribution in [0.3, 0.4) is 0 Å². The molecule has 0 radical (unpaired) electrons. The topological polar surface area (TPSA) is 58.2 Å². The normalized spacial score (nSPS) is 15.6. The summed E-state index contributed by atoms with van der Waals surface area (Å²) in [5, 5.41) is 5.74. The van der Waals surface area contributed by atoms with Crippen LogP contribution in [0, 0.1) is 19.3 Å². The van der Waals surface area contributed by atoms with Gasteiger partial charge >= 0.3 is 0 Å². The van der Waals surface area contributed by atoms with E-state index in [0.29, 0.717) is 19.4 Å². The number of benzene rings is 1. The minimum Gasteiger partial charge on any atom is -0.355 e. The second-order valence-electron chi connectivity index (χ2n) is 5.54. The predicted octanol–water partition coefficient (Wildman–Crippen LogP) is 2.55. The van der Waals surface area contributed by atoms with Gasteiger partial charge in [0.1, 0.15) is 5.41 Å². The Bertz CT molecular complexity index is 533. The van der Waals surface area contributed by atoms with Crippen LogP contribution in [0.4, 0.5) is 5.69 Å². The van der Waals surface area contributed by atoms with Crippen LogP contribution in [-0.4, -0.2) is 18.4 Å². The Balaban J connectivity index is 2.08. The van der Waals surface area contributed by atoms with Gasteiger partial charge in [0.2, 0.25) is 11.8 Å². The van der Waals surface area contributed by atoms with E-state index in [9.17, 15) is 9.59 Å². The first-order valence-electron chi connectivity index (χ1n) is 7.17. The highest BCUT2D eigenvalue weighted by molar-refractivity contribution is 6.13. The lowest BCUT2D eigenvalue weighted by Gasteiger charge is -2.16. The summed E-state index contributed by atoms with van der Waals surface area (Å²) in [5.41, 5.74) is 2.13. The minimum absolute atomic E-state index is 0.137. The summed E-state index contributed by atoms with van der Waals surface area (Å²) in [6, 6.07) is 5.79. The van der Waals surface area contributed by atoms with Gasteiger partial charge in [-0.15, -0.1) is 0 Å². The molecule has 0 aliphatic heterocycles. The Hall–Kier alpha value is -1.84. The van der Waals surface area contributed by atoms with E-state index in [1.165, 1.54) is 0 Å². The van der Waals surface area contributed by atoms with Crippen LogP contribution in [-0.2, 0) is 9.59 Å². The van der Waals surface area contributed by atoms with Crippen LogP contribution in [0.2, 0.25) is 0 Å². The summed E-state index contributed by atoms with van der Waals surface area (Å²) in [6.45, 7) is 6.60. The molecular formula is C16H22N2O2. The van der Waals surface area contributed by atoms with Gasteiger partial charge in [-0.2, -0.15) is 0 Å². The fourth-order valence-corrected chi connectivity index (χ4v) is 2.22. The fourth-order valence-electron chi connectivity index (χ4n) is 2.22. The fraction of sp³-hybridized carbons (Fsp3) is 0.500. The van der Waals surface area contributed by atoms with E-state index >= 15 is 0 Å². The number of amides is 2. The molecule has 0 saturated heterocycles. The number of aryl methyl sites for hydroxylation is 1. The Morgan fingerprint density at radius 1 is 1.20 bits per heavy atom. The van der Waals surface area contributed by atoms with Crippen molar-refractivity contribution >= 4 is 17.5 Å². The zero-order valence-electron chi connectivity index (χ0n) is 12.4. The Morgan fingerprint density at radius 3 is 2.50 bits per heavy atom. The first-order valence-corrected chi connectivity index (χ1v) is 7.17. The maximum atomic E-state index is 12.4. The lowest BCUT2D eigenvalue weighted by molar-refractivity contribution is -0.134. The molecule has 2 rings (SSSR count). The molecule has 4 heteroatoms. The molecule has 1 aromatic carbocycles. The third-order valence-electron chi connectivity index (χ3n) is 4.01. The van der Waals surface area contributed by atoms with Crippen molar-refractivity contribution in [3.05, 3.63) is 29.3 Å². The third-order valence-corrected chi connectivity index (χ3v) is 4.01. The van der Waals surface area contributed by atoms with Crippen LogP contribution in [0.15, 0.2) is 18.2 Å². The van der Waals surface area contributed by atoms with Gasteiger partial charge in [-0.1, -0.05) is 19.1 Å². The largest absolute Gasteiger partial charge is 0.355 e. The highest BCUT2D eigenvalue weighted by atomic mass is 16.2. The zero-order chi connectivity index (χ0) is 14.8. The van der Waals surface area contributed by atoms with Crippen LogP contribution < -0.4 is 10.6 Å². The smallest absolute Gasteiger partial charge is 0.240 e. The highest BCUT2D eigenvalue weighted by Gasteiger charge is 2.56. The SMILES string of the molecule is CCCNC(=O)C1(C(=O)Nc2cccc(C)c2C)CC1. The van der Waals surface area contributed by atoms with E-state index in [1.807, 2.05) is 39.0 Å². The quantitative estimate of drug-likeness (QED) is 0.811. The molecule has 0 spiro atoms. The van der Waals surface area contributed by atoms with Crippen molar-refractivity contribution in [3.8, 4) is 0 Å². The average Bonchev–Trinajstić information content (AvgIpc) is 3.23. The Kier molecular flexibility index (Phi) is 4.12. The average molecular weight is 274 g/mol. The van der Waals surface area contributed by atoms with Crippen molar-refractivity contribution in [1.82, 2.24) is 5.32 Å². The molecule has 0 bridgehead atoms. The van der Waals surface area contributed by atoms with Crippen LogP contribution in [0.1, 0.15) is 37.3 Å². The van der Waals surface area contributed by atoms with Crippen molar-refractivity contribution < 1.29 is 9.59 Å². The van der Waals surface area contributed by atoms with Crippen molar-refractivity contribution in [2.75, 3.05) is 11.9 Å². The first kappa shape index (κ1) is 14.6. The lowest BCUT2D eigenvalue weighted by Crippen LogP contribution is -2.40. The van der Waals surface area contributed by atoms with Crippen molar-refractivity contribution in [2.45, 2.75) is 40.0 Å². The van der Waals surface area contributed by atoms with E-state index < -0.39 is 5.41 Å². The number of carbonyl (C=O) groups excluding carboxylic acids is 2. The summed E-state index contributed by atoms with van der Waals surface area (Å²) in [7, 11) is 0. The second-order valence-corrected chi connectivity index (χ2v) is 5.54. The van der Waals surface area contributed by atoms with Gasteiger partial charge in [-0.25, -0.2) is 0 Å². The van der Waals surface area contributed by atoms with Gasteiger partial charge in [-0.05, 0) is 50.3 Å². The number of hydrogen-bond donors (Lipinski definition) is 2. The monoisotopic (exact) mass is 274 g/mol. The van der Waals surface area contributed by atoms with Gasteiger partial charge in [0, 0.05) is 12.2 Å². The van der Waals surface area contributed by atoms with Gasteiger partial charge in [0.15, 0.2) is 0 Å². The van der Waals surface area contributed by atoms with Crippen LogP contribution >= 0.6 is 0 Å². The number of anilines is 1. The summed E-state index contributed by atoms with van der Waals surface area (Å²) in [4.78, 5) is 24.5. The number of nitrogens with one attached hydrogen (secondary N) is 2. The molecule has 2 amide bonds. The molecule has 0 aromatic heterocycles. The van der Waals surface area contributed by atoms with Gasteiger partial charge in [0.05, 0.1) is 0 Å². The molecule has 2 N–H and O–H groups in total. The van der Waals surface area contributed by atoms with Crippen molar-refractivity contribution in [2.24, 2.45) is 5.41 Å². The summed E-state index contributed by atoms with van der Waals surface area (Å²) in [6.07, 6.45) is 2.15. The molecule has 0 atom stereocenters. The number of hydrogen-bond acceptors (Lipinski definition) is 2. The number of rotatable bonds is 5. The standard InChI is InChI=1S/C16H22N2O2/c1-4-10-17-14(19)16(8-9-16)15(20)18-13-7-5-6-11(2)12(13)3/h5-7H,4,8-10H2,1-3H3,(H,17,19)(H,18,20). The summed E-state index contributed by atoms with van der Waals surface area (Å²) in [5.74, 6) is -0.318. The molecular weight excluding hydrogens is 252 g/mol. The highest BCUT2D eigenvalue weighted by Crippen LogP contribution is 2.47. The lowest BCUT2D eigenvalue weighted by atomic mass is 10.0. The predicted molar refractivity (Wildman–Crippen MR) is 79.5 cm³/mol. The minimum atomic E-state index is -0.842. The number of carbonyl (C=O) groups is 2. The molecule has 1 aliphatic rings. The second kappa shape index (κ2) is 5.65. The molecule has 1 saturated carbocycles. The van der Waals surface area contributed by atoms with Crippen molar-refractivity contribution in [1.29, 1.82) is 0 Å². The van der Waals surface area contributed by atoms with Crippen molar-refractivity contribution in [3.63, 3.8) is 0 Å². The van der Waals surface area contributed by atoms with Crippen LogP contribution in [0.25, 0.3) is 0 Å². The maximum absolute atomic E-state index is 12.4. The molecule has 0 heterocycles. The molecule has 108 valence electrons. The summed E-state index contributed by atoms with van der Waals surface area (Å²) < 4.78 is 0. The molecule has 20 heavy (non-hydrogen) atoms. The third kappa shape index (κ3) is 2.69. The van der Waals surface area contributed by atoms with Crippen LogP contribution in [0.5, 0.6) is 0 Å². The van der Waals surface area contributed by atoms with E-state index in [2.05, 4.69) is 10.6 Å². The van der Waals surface area contributed by atoms with E-state index in [1.54, 1.807) is 0 Å². The van der Waals surface area contributed by atoms with E-state index in [-0.39, 0.29) is 11.8 Å². The molecule has 1 aliphatic carbocycles.